The third kappa shape index (κ3) is 3.69. The second-order valence-corrected chi connectivity index (χ2v) is 10.4. The summed E-state index contributed by atoms with van der Waals surface area (Å²) in [6, 6.07) is 38.5. The Morgan fingerprint density at radius 3 is 1.74 bits per heavy atom. The number of carbonyl (C=O) groups excluding carboxylic acids is 3. The zero-order chi connectivity index (χ0) is 28.8. The van der Waals surface area contributed by atoms with E-state index in [4.69, 9.17) is 4.74 Å². The molecule has 6 nitrogen and oxygen atoms in total. The van der Waals surface area contributed by atoms with Crippen molar-refractivity contribution in [2.45, 2.75) is 19.1 Å². The second kappa shape index (κ2) is 9.85. The molecule has 0 bridgehead atoms. The minimum absolute atomic E-state index is 0.134. The molecule has 6 aromatic rings. The summed E-state index contributed by atoms with van der Waals surface area (Å²) in [5.41, 5.74) is 3.62. The van der Waals surface area contributed by atoms with Crippen molar-refractivity contribution in [3.05, 3.63) is 155 Å². The maximum Gasteiger partial charge on any atom is 0.302 e. The summed E-state index contributed by atoms with van der Waals surface area (Å²) < 4.78 is 5.40. The van der Waals surface area contributed by atoms with Gasteiger partial charge in [-0.25, -0.2) is 0 Å². The zero-order valence-electron chi connectivity index (χ0n) is 22.8. The summed E-state index contributed by atoms with van der Waals surface area (Å²) in [7, 11) is 0. The number of imide groups is 1. The van der Waals surface area contributed by atoms with Gasteiger partial charge in [0.05, 0.1) is 11.1 Å². The predicted molar refractivity (Wildman–Crippen MR) is 161 cm³/mol. The van der Waals surface area contributed by atoms with Crippen molar-refractivity contribution in [2.24, 2.45) is 0 Å². The van der Waals surface area contributed by atoms with Gasteiger partial charge in [0.25, 0.3) is 11.8 Å². The predicted octanol–water partition coefficient (Wildman–Crippen LogP) is 6.97. The lowest BCUT2D eigenvalue weighted by molar-refractivity contribution is -0.142. The molecule has 0 saturated heterocycles. The van der Waals surface area contributed by atoms with Gasteiger partial charge < -0.3 is 9.72 Å². The number of nitrogens with zero attached hydrogens (tertiary/aromatic N) is 1. The number of H-pyrrole nitrogens is 1. The van der Waals surface area contributed by atoms with Crippen molar-refractivity contribution in [3.8, 4) is 0 Å². The van der Waals surface area contributed by atoms with Crippen LogP contribution in [0.4, 0.5) is 0 Å². The van der Waals surface area contributed by atoms with Crippen LogP contribution >= 0.6 is 0 Å². The molecule has 1 aromatic heterocycles. The number of esters is 1. The van der Waals surface area contributed by atoms with Crippen molar-refractivity contribution in [1.82, 2.24) is 9.88 Å². The van der Waals surface area contributed by atoms with E-state index in [1.54, 1.807) is 0 Å². The number of benzene rings is 5. The molecule has 1 N–H and O–H groups in total. The quantitative estimate of drug-likeness (QED) is 0.138. The summed E-state index contributed by atoms with van der Waals surface area (Å²) >= 11 is 0. The Morgan fingerprint density at radius 2 is 1.19 bits per heavy atom. The fourth-order valence-electron chi connectivity index (χ4n) is 6.37. The number of hydrogen-bond donors (Lipinski definition) is 1. The van der Waals surface area contributed by atoms with E-state index in [0.29, 0.717) is 22.0 Å². The number of aromatic nitrogens is 1. The molecule has 204 valence electrons. The second-order valence-electron chi connectivity index (χ2n) is 10.4. The van der Waals surface area contributed by atoms with Crippen molar-refractivity contribution >= 4 is 39.6 Å². The largest absolute Gasteiger partial charge is 0.461 e. The van der Waals surface area contributed by atoms with Crippen LogP contribution in [0.3, 0.4) is 0 Å². The van der Waals surface area contributed by atoms with Gasteiger partial charge in [-0.1, -0.05) is 109 Å². The summed E-state index contributed by atoms with van der Waals surface area (Å²) in [6.45, 7) is 1.19. The van der Waals surface area contributed by atoms with E-state index in [9.17, 15) is 9.59 Å². The Morgan fingerprint density at radius 1 is 0.690 bits per heavy atom. The molecule has 0 spiro atoms. The number of rotatable bonds is 6. The summed E-state index contributed by atoms with van der Waals surface area (Å²) in [6.07, 6.45) is 0. The number of aromatic amines is 1. The van der Waals surface area contributed by atoms with Crippen LogP contribution in [0.5, 0.6) is 0 Å². The van der Waals surface area contributed by atoms with Gasteiger partial charge in [-0.05, 0) is 28.8 Å². The van der Waals surface area contributed by atoms with Crippen molar-refractivity contribution in [2.75, 3.05) is 0 Å². The first kappa shape index (κ1) is 25.5. The van der Waals surface area contributed by atoms with Gasteiger partial charge in [0.2, 0.25) is 0 Å². The molecule has 2 amide bonds. The molecule has 0 radical (unpaired) electrons. The van der Waals surface area contributed by atoms with E-state index in [1.165, 1.54) is 11.8 Å². The van der Waals surface area contributed by atoms with Crippen LogP contribution in [-0.2, 0) is 21.7 Å². The van der Waals surface area contributed by atoms with Gasteiger partial charge in [-0.2, -0.15) is 0 Å². The summed E-state index contributed by atoms with van der Waals surface area (Å²) in [4.78, 5) is 46.5. The first-order valence-corrected chi connectivity index (χ1v) is 13.8. The highest BCUT2D eigenvalue weighted by molar-refractivity contribution is 6.31. The number of carbonyl (C=O) groups is 3. The third-order valence-corrected chi connectivity index (χ3v) is 8.05. The molecule has 2 heterocycles. The molecular weight excluding hydrogens is 524 g/mol. The number of amides is 2. The van der Waals surface area contributed by atoms with Crippen molar-refractivity contribution in [1.29, 1.82) is 0 Å². The van der Waals surface area contributed by atoms with Crippen molar-refractivity contribution in [3.63, 3.8) is 0 Å². The molecule has 0 fully saturated rings. The summed E-state index contributed by atoms with van der Waals surface area (Å²) in [5, 5.41) is 1.52. The summed E-state index contributed by atoms with van der Waals surface area (Å²) in [5.74, 6) is -1.33. The van der Waals surface area contributed by atoms with Crippen LogP contribution in [0, 0.1) is 0 Å². The van der Waals surface area contributed by atoms with E-state index in [2.05, 4.69) is 4.98 Å². The number of fused-ring (bicyclic) bond motifs is 5. The lowest BCUT2D eigenvalue weighted by atomic mass is 9.75. The van der Waals surface area contributed by atoms with Crippen LogP contribution in [0.25, 0.3) is 21.8 Å². The van der Waals surface area contributed by atoms with E-state index in [-0.39, 0.29) is 12.2 Å². The van der Waals surface area contributed by atoms with Gasteiger partial charge >= 0.3 is 5.97 Å². The lowest BCUT2D eigenvalue weighted by Gasteiger charge is -2.42. The Hall–Kier alpha value is -5.49. The van der Waals surface area contributed by atoms with Crippen LogP contribution in [0.2, 0.25) is 0 Å². The van der Waals surface area contributed by atoms with Crippen LogP contribution in [-0.4, -0.2) is 27.7 Å². The maximum absolute atomic E-state index is 15.0. The fourth-order valence-corrected chi connectivity index (χ4v) is 6.37. The average Bonchev–Trinajstić information content (AvgIpc) is 3.52. The minimum Gasteiger partial charge on any atom is -0.461 e. The monoisotopic (exact) mass is 550 g/mol. The minimum atomic E-state index is -1.28. The van der Waals surface area contributed by atoms with Crippen molar-refractivity contribution < 1.29 is 19.1 Å². The highest BCUT2D eigenvalue weighted by Crippen LogP contribution is 2.48. The van der Waals surface area contributed by atoms with E-state index >= 15 is 4.79 Å². The van der Waals surface area contributed by atoms with Crippen LogP contribution in [0.1, 0.15) is 49.9 Å². The van der Waals surface area contributed by atoms with E-state index < -0.39 is 23.3 Å². The topological polar surface area (TPSA) is 79.5 Å². The molecule has 7 rings (SSSR count). The molecule has 1 aliphatic heterocycles. The van der Waals surface area contributed by atoms with Gasteiger partial charge in [0, 0.05) is 34.3 Å². The molecule has 0 atom stereocenters. The zero-order valence-corrected chi connectivity index (χ0v) is 22.8. The van der Waals surface area contributed by atoms with Crippen LogP contribution < -0.4 is 0 Å². The highest BCUT2D eigenvalue weighted by Gasteiger charge is 2.53. The van der Waals surface area contributed by atoms with Gasteiger partial charge in [-0.3, -0.25) is 19.3 Å². The molecule has 0 unspecified atom stereocenters. The number of hydrogen-bond acceptors (Lipinski definition) is 4. The Balaban J connectivity index is 1.59. The standard InChI is InChI=1S/C36H26N2O4/c1-23(39)42-22-24-21-30-32(28-19-11-12-20-29(28)37-30)33-31(24)34(40)38(35(33)41)36(25-13-5-2-6-14-25,26-15-7-3-8-16-26)27-17-9-4-10-18-27/h2-21,37H,22H2,1H3. The third-order valence-electron chi connectivity index (χ3n) is 8.05. The maximum atomic E-state index is 15.0. The average molecular weight is 551 g/mol. The van der Waals surface area contributed by atoms with E-state index in [1.807, 2.05) is 121 Å². The molecule has 42 heavy (non-hydrogen) atoms. The number of nitrogens with one attached hydrogen (secondary N) is 1. The van der Waals surface area contributed by atoms with Crippen LogP contribution in [0.15, 0.2) is 121 Å². The Labute approximate surface area is 242 Å². The molecule has 0 aliphatic carbocycles. The normalized spacial score (nSPS) is 13.1. The fraction of sp³-hybridized carbons (Fsp3) is 0.0833. The highest BCUT2D eigenvalue weighted by atomic mass is 16.5. The number of ether oxygens (including phenoxy) is 1. The smallest absolute Gasteiger partial charge is 0.302 e. The lowest BCUT2D eigenvalue weighted by Crippen LogP contribution is -2.51. The Bertz CT molecular complexity index is 1900. The molecule has 0 saturated carbocycles. The van der Waals surface area contributed by atoms with E-state index in [0.717, 1.165) is 27.6 Å². The van der Waals surface area contributed by atoms with Gasteiger partial charge in [0.15, 0.2) is 0 Å². The SMILES string of the molecule is CC(=O)OCc1cc2[nH]c3ccccc3c2c2c1C(=O)N(C(c1ccccc1)(c1ccccc1)c1ccccc1)C2=O. The molecule has 1 aliphatic rings. The first-order chi connectivity index (χ1) is 20.5. The molecular formula is C36H26N2O4. The van der Waals surface area contributed by atoms with Gasteiger partial charge in [0.1, 0.15) is 12.1 Å². The first-order valence-electron chi connectivity index (χ1n) is 13.8. The van der Waals surface area contributed by atoms with Gasteiger partial charge in [-0.15, -0.1) is 0 Å². The Kier molecular flexibility index (Phi) is 5.98. The molecule has 5 aromatic carbocycles. The molecule has 6 heteroatoms. The number of para-hydroxylation sites is 1.